The largest absolute Gasteiger partial charge is 0.467 e. The summed E-state index contributed by atoms with van der Waals surface area (Å²) in [6.07, 6.45) is 6.19. The van der Waals surface area contributed by atoms with E-state index in [-0.39, 0.29) is 23.6 Å². The third-order valence-electron chi connectivity index (χ3n) is 11.7. The lowest BCUT2D eigenvalue weighted by atomic mass is 9.86. The number of ether oxygens (including phenoxy) is 2. The average Bonchev–Trinajstić information content (AvgIpc) is 3.48. The van der Waals surface area contributed by atoms with E-state index in [0.717, 1.165) is 24.0 Å². The number of hydrazine groups is 2. The number of carbonyl (C=O) groups is 6. The summed E-state index contributed by atoms with van der Waals surface area (Å²) < 4.78 is 10.1. The van der Waals surface area contributed by atoms with Crippen LogP contribution in [0.5, 0.6) is 0 Å². The Labute approximate surface area is 329 Å². The summed E-state index contributed by atoms with van der Waals surface area (Å²) >= 11 is 0. The quantitative estimate of drug-likeness (QED) is 0.290. The number of rotatable bonds is 13. The van der Waals surface area contributed by atoms with Crippen LogP contribution >= 0.6 is 0 Å². The SMILES string of the molecule is COC(=O)C1CCCN2CCCC(NC(=O)C(CCC(Cc3ccccc3)C(=O)NC3CCCN4CCCC(C(=O)OC)N4C3=O)Cc3ccccc3)C(=O)N12. The monoisotopic (exact) mass is 772 g/mol. The van der Waals surface area contributed by atoms with Crippen LogP contribution in [0.3, 0.4) is 0 Å². The lowest BCUT2D eigenvalue weighted by Crippen LogP contribution is -2.61. The van der Waals surface area contributed by atoms with Gasteiger partial charge in [0, 0.05) is 38.0 Å². The maximum atomic E-state index is 14.3. The summed E-state index contributed by atoms with van der Waals surface area (Å²) in [6, 6.07) is 16.2. The molecule has 2 aromatic carbocycles. The fraction of sp³-hybridized carbons (Fsp3) is 0.571. The highest BCUT2D eigenvalue weighted by Gasteiger charge is 2.44. The molecule has 4 saturated heterocycles. The molecule has 56 heavy (non-hydrogen) atoms. The molecule has 0 radical (unpaired) electrons. The molecule has 2 N–H and O–H groups in total. The van der Waals surface area contributed by atoms with E-state index in [0.29, 0.717) is 90.4 Å². The molecule has 14 heteroatoms. The first-order chi connectivity index (χ1) is 27.2. The molecule has 0 spiro atoms. The van der Waals surface area contributed by atoms with Crippen LogP contribution in [0.2, 0.25) is 0 Å². The zero-order chi connectivity index (χ0) is 39.6. The molecule has 4 aliphatic heterocycles. The summed E-state index contributed by atoms with van der Waals surface area (Å²) in [5.41, 5.74) is 1.90. The Morgan fingerprint density at radius 1 is 0.589 bits per heavy atom. The van der Waals surface area contributed by atoms with Gasteiger partial charge in [0.05, 0.1) is 14.2 Å². The molecule has 0 saturated carbocycles. The van der Waals surface area contributed by atoms with Crippen molar-refractivity contribution in [3.8, 4) is 0 Å². The first-order valence-electron chi connectivity index (χ1n) is 20.2. The number of esters is 2. The van der Waals surface area contributed by atoms with Crippen LogP contribution in [0.1, 0.15) is 75.3 Å². The van der Waals surface area contributed by atoms with E-state index in [9.17, 15) is 28.8 Å². The van der Waals surface area contributed by atoms with Gasteiger partial charge < -0.3 is 20.1 Å². The second-order valence-electron chi connectivity index (χ2n) is 15.4. The smallest absolute Gasteiger partial charge is 0.330 e. The number of methoxy groups -OCH3 is 2. The molecule has 4 fully saturated rings. The number of fused-ring (bicyclic) bond motifs is 2. The Kier molecular flexibility index (Phi) is 14.1. The van der Waals surface area contributed by atoms with Gasteiger partial charge in [0.15, 0.2) is 0 Å². The van der Waals surface area contributed by atoms with Crippen molar-refractivity contribution >= 4 is 35.6 Å². The van der Waals surface area contributed by atoms with Gasteiger partial charge in [0.2, 0.25) is 11.8 Å². The molecule has 0 aromatic heterocycles. The summed E-state index contributed by atoms with van der Waals surface area (Å²) in [5.74, 6) is -3.30. The first kappa shape index (κ1) is 40.8. The van der Waals surface area contributed by atoms with Gasteiger partial charge in [-0.05, 0) is 88.2 Å². The first-order valence-corrected chi connectivity index (χ1v) is 20.2. The van der Waals surface area contributed by atoms with Gasteiger partial charge in [-0.3, -0.25) is 29.2 Å². The van der Waals surface area contributed by atoms with Crippen LogP contribution in [0.4, 0.5) is 0 Å². The van der Waals surface area contributed by atoms with Gasteiger partial charge in [-0.2, -0.15) is 0 Å². The van der Waals surface area contributed by atoms with E-state index in [1.54, 1.807) is 0 Å². The van der Waals surface area contributed by atoms with Crippen molar-refractivity contribution in [2.75, 3.05) is 40.4 Å². The minimum absolute atomic E-state index is 0.288. The normalized spacial score (nSPS) is 24.4. The summed E-state index contributed by atoms with van der Waals surface area (Å²) in [6.45, 7) is 2.49. The summed E-state index contributed by atoms with van der Waals surface area (Å²) in [5, 5.41) is 13.0. The molecule has 14 nitrogen and oxygen atoms in total. The lowest BCUT2D eigenvalue weighted by molar-refractivity contribution is -0.176. The third kappa shape index (κ3) is 9.76. The highest BCUT2D eigenvalue weighted by Crippen LogP contribution is 2.28. The highest BCUT2D eigenvalue weighted by molar-refractivity contribution is 5.92. The van der Waals surface area contributed by atoms with Gasteiger partial charge in [-0.25, -0.2) is 19.6 Å². The molecule has 6 unspecified atom stereocenters. The average molecular weight is 773 g/mol. The minimum atomic E-state index is -0.816. The van der Waals surface area contributed by atoms with Crippen LogP contribution < -0.4 is 10.6 Å². The number of carbonyl (C=O) groups excluding carboxylic acids is 6. The van der Waals surface area contributed by atoms with Crippen LogP contribution in [-0.4, -0.2) is 120 Å². The van der Waals surface area contributed by atoms with Gasteiger partial charge in [0.1, 0.15) is 24.2 Å². The van der Waals surface area contributed by atoms with Gasteiger partial charge in [-0.1, -0.05) is 60.7 Å². The molecule has 302 valence electrons. The Morgan fingerprint density at radius 3 is 1.30 bits per heavy atom. The van der Waals surface area contributed by atoms with E-state index >= 15 is 0 Å². The highest BCUT2D eigenvalue weighted by atomic mass is 16.5. The molecular formula is C42H56N6O8. The van der Waals surface area contributed by atoms with E-state index in [1.165, 1.54) is 24.2 Å². The fourth-order valence-corrected chi connectivity index (χ4v) is 8.74. The van der Waals surface area contributed by atoms with Crippen LogP contribution in [-0.2, 0) is 51.1 Å². The number of nitrogens with one attached hydrogen (secondary N) is 2. The topological polar surface area (TPSA) is 158 Å². The Morgan fingerprint density at radius 2 is 0.946 bits per heavy atom. The van der Waals surface area contributed by atoms with Gasteiger partial charge in [-0.15, -0.1) is 0 Å². The molecule has 4 aliphatic rings. The molecule has 2 aromatic rings. The number of hydrogen-bond donors (Lipinski definition) is 2. The van der Waals surface area contributed by atoms with Crippen molar-refractivity contribution in [2.24, 2.45) is 11.8 Å². The molecule has 0 bridgehead atoms. The Bertz CT molecular complexity index is 1570. The molecule has 0 aliphatic carbocycles. The second kappa shape index (κ2) is 19.4. The Balaban J connectivity index is 1.20. The zero-order valence-corrected chi connectivity index (χ0v) is 32.6. The standard InChI is InChI=1S/C42H56N6O8/c1-55-41(53)35-19-11-25-45-23-9-17-33(39(51)47(35)45)43-37(49)31(27-29-13-5-3-6-14-29)21-22-32(28-30-15-7-4-8-16-30)38(50)44-34-18-10-24-46-26-12-20-36(42(54)56-2)48(46)40(34)52/h3-8,13-16,31-36H,9-12,17-28H2,1-2H3,(H,43,49)(H,44,50). The third-order valence-corrected chi connectivity index (χ3v) is 11.7. The zero-order valence-electron chi connectivity index (χ0n) is 32.6. The van der Waals surface area contributed by atoms with E-state index < -0.39 is 47.9 Å². The predicted octanol–water partition coefficient (Wildman–Crippen LogP) is 2.80. The molecule has 6 rings (SSSR count). The van der Waals surface area contributed by atoms with Crippen LogP contribution in [0, 0.1) is 11.8 Å². The number of benzene rings is 2. The fourth-order valence-electron chi connectivity index (χ4n) is 8.74. The van der Waals surface area contributed by atoms with Crippen molar-refractivity contribution in [2.45, 2.75) is 101 Å². The van der Waals surface area contributed by atoms with E-state index in [2.05, 4.69) is 10.6 Å². The summed E-state index contributed by atoms with van der Waals surface area (Å²) in [4.78, 5) is 82.1. The van der Waals surface area contributed by atoms with E-state index in [1.807, 2.05) is 70.7 Å². The van der Waals surface area contributed by atoms with Crippen molar-refractivity contribution in [3.05, 3.63) is 71.8 Å². The van der Waals surface area contributed by atoms with Crippen molar-refractivity contribution in [1.29, 1.82) is 0 Å². The maximum Gasteiger partial charge on any atom is 0.330 e. The summed E-state index contributed by atoms with van der Waals surface area (Å²) in [7, 11) is 2.64. The number of hydrogen-bond acceptors (Lipinski definition) is 10. The Hall–Kier alpha value is -4.82. The molecule has 4 heterocycles. The van der Waals surface area contributed by atoms with Crippen molar-refractivity contribution < 1.29 is 38.2 Å². The van der Waals surface area contributed by atoms with E-state index in [4.69, 9.17) is 9.47 Å². The van der Waals surface area contributed by atoms with Gasteiger partial charge >= 0.3 is 11.9 Å². The lowest BCUT2D eigenvalue weighted by Gasteiger charge is -2.42. The predicted molar refractivity (Wildman–Crippen MR) is 206 cm³/mol. The second-order valence-corrected chi connectivity index (χ2v) is 15.4. The van der Waals surface area contributed by atoms with Gasteiger partial charge in [0.25, 0.3) is 11.8 Å². The molecule has 4 amide bonds. The van der Waals surface area contributed by atoms with Crippen molar-refractivity contribution in [3.63, 3.8) is 0 Å². The molecular weight excluding hydrogens is 716 g/mol. The number of nitrogens with zero attached hydrogens (tertiary/aromatic N) is 4. The van der Waals surface area contributed by atoms with Crippen LogP contribution in [0.25, 0.3) is 0 Å². The number of amides is 4. The van der Waals surface area contributed by atoms with Crippen molar-refractivity contribution in [1.82, 2.24) is 30.7 Å². The minimum Gasteiger partial charge on any atom is -0.467 e. The molecule has 6 atom stereocenters. The van der Waals surface area contributed by atoms with Crippen LogP contribution in [0.15, 0.2) is 60.7 Å². The maximum absolute atomic E-state index is 14.3.